The first-order valence-electron chi connectivity index (χ1n) is 8.57. The SMILES string of the molecule is Cc1ccc(NC(=O)CSc2nccnc2Sc2ccccc2C)cc1C. The minimum atomic E-state index is -0.0549. The van der Waals surface area contributed by atoms with Crippen LogP contribution in [0.25, 0.3) is 0 Å². The minimum Gasteiger partial charge on any atom is -0.325 e. The Morgan fingerprint density at radius 2 is 1.67 bits per heavy atom. The van der Waals surface area contributed by atoms with Crippen LogP contribution in [0.3, 0.4) is 0 Å². The number of hydrogen-bond donors (Lipinski definition) is 1. The average Bonchev–Trinajstić information content (AvgIpc) is 2.66. The molecule has 0 spiro atoms. The van der Waals surface area contributed by atoms with Crippen LogP contribution < -0.4 is 5.32 Å². The third kappa shape index (κ3) is 5.34. The topological polar surface area (TPSA) is 54.9 Å². The van der Waals surface area contributed by atoms with E-state index in [9.17, 15) is 4.79 Å². The minimum absolute atomic E-state index is 0.0549. The number of anilines is 1. The fourth-order valence-electron chi connectivity index (χ4n) is 2.41. The predicted molar refractivity (Wildman–Crippen MR) is 113 cm³/mol. The van der Waals surface area contributed by atoms with Crippen LogP contribution in [0.15, 0.2) is 69.8 Å². The zero-order valence-electron chi connectivity index (χ0n) is 15.5. The Balaban J connectivity index is 1.65. The molecule has 0 bridgehead atoms. The van der Waals surface area contributed by atoms with E-state index in [1.165, 1.54) is 22.9 Å². The second kappa shape index (κ2) is 9.06. The lowest BCUT2D eigenvalue weighted by Gasteiger charge is -2.09. The maximum Gasteiger partial charge on any atom is 0.234 e. The van der Waals surface area contributed by atoms with Crippen LogP contribution in [0.5, 0.6) is 0 Å². The van der Waals surface area contributed by atoms with Crippen LogP contribution in [0.4, 0.5) is 5.69 Å². The van der Waals surface area contributed by atoms with Crippen LogP contribution in [0.2, 0.25) is 0 Å². The monoisotopic (exact) mass is 395 g/mol. The van der Waals surface area contributed by atoms with Crippen LogP contribution in [0, 0.1) is 20.8 Å². The lowest BCUT2D eigenvalue weighted by atomic mass is 10.1. The third-order valence-electron chi connectivity index (χ3n) is 4.06. The molecular weight excluding hydrogens is 374 g/mol. The van der Waals surface area contributed by atoms with Gasteiger partial charge in [-0.1, -0.05) is 47.8 Å². The van der Waals surface area contributed by atoms with Gasteiger partial charge in [-0.25, -0.2) is 9.97 Å². The molecule has 0 unspecified atom stereocenters. The van der Waals surface area contributed by atoms with Crippen molar-refractivity contribution in [3.63, 3.8) is 0 Å². The van der Waals surface area contributed by atoms with Gasteiger partial charge in [-0.2, -0.15) is 0 Å². The molecule has 138 valence electrons. The van der Waals surface area contributed by atoms with Crippen molar-refractivity contribution in [2.24, 2.45) is 0 Å². The summed E-state index contributed by atoms with van der Waals surface area (Å²) < 4.78 is 0. The van der Waals surface area contributed by atoms with Crippen molar-refractivity contribution in [1.82, 2.24) is 9.97 Å². The number of hydrogen-bond acceptors (Lipinski definition) is 5. The van der Waals surface area contributed by atoms with Gasteiger partial charge in [0.25, 0.3) is 0 Å². The summed E-state index contributed by atoms with van der Waals surface area (Å²) in [5.74, 6) is 0.230. The number of thioether (sulfide) groups is 1. The second-order valence-corrected chi connectivity index (χ2v) is 8.16. The predicted octanol–water partition coefficient (Wildman–Crippen LogP) is 5.28. The van der Waals surface area contributed by atoms with Crippen molar-refractivity contribution in [3.05, 3.63) is 71.5 Å². The first kappa shape index (κ1) is 19.5. The third-order valence-corrected chi connectivity index (χ3v) is 6.34. The lowest BCUT2D eigenvalue weighted by molar-refractivity contribution is -0.113. The second-order valence-electron chi connectivity index (χ2n) is 6.17. The molecule has 1 N–H and O–H groups in total. The molecule has 2 aromatic carbocycles. The van der Waals surface area contributed by atoms with E-state index in [2.05, 4.69) is 41.3 Å². The van der Waals surface area contributed by atoms with Gasteiger partial charge in [-0.15, -0.1) is 0 Å². The van der Waals surface area contributed by atoms with E-state index in [1.54, 1.807) is 24.2 Å². The van der Waals surface area contributed by atoms with Gasteiger partial charge in [0.05, 0.1) is 5.75 Å². The van der Waals surface area contributed by atoms with E-state index < -0.39 is 0 Å². The summed E-state index contributed by atoms with van der Waals surface area (Å²) in [5, 5.41) is 4.52. The molecule has 0 radical (unpaired) electrons. The molecule has 0 aliphatic rings. The summed E-state index contributed by atoms with van der Waals surface area (Å²) in [7, 11) is 0. The highest BCUT2D eigenvalue weighted by Gasteiger charge is 2.12. The largest absolute Gasteiger partial charge is 0.325 e. The summed E-state index contributed by atoms with van der Waals surface area (Å²) in [6.07, 6.45) is 3.34. The number of nitrogens with zero attached hydrogens (tertiary/aromatic N) is 2. The number of amides is 1. The highest BCUT2D eigenvalue weighted by Crippen LogP contribution is 2.34. The van der Waals surface area contributed by atoms with Gasteiger partial charge in [0, 0.05) is 23.0 Å². The quantitative estimate of drug-likeness (QED) is 0.575. The Kier molecular flexibility index (Phi) is 6.53. The first-order valence-corrected chi connectivity index (χ1v) is 10.4. The fraction of sp³-hybridized carbons (Fsp3) is 0.190. The Labute approximate surface area is 168 Å². The Bertz CT molecular complexity index is 960. The molecule has 0 atom stereocenters. The summed E-state index contributed by atoms with van der Waals surface area (Å²) in [4.78, 5) is 22.3. The average molecular weight is 396 g/mol. The van der Waals surface area contributed by atoms with E-state index in [1.807, 2.05) is 37.3 Å². The van der Waals surface area contributed by atoms with Gasteiger partial charge in [0.15, 0.2) is 0 Å². The van der Waals surface area contributed by atoms with Crippen LogP contribution >= 0.6 is 23.5 Å². The molecule has 27 heavy (non-hydrogen) atoms. The highest BCUT2D eigenvalue weighted by molar-refractivity contribution is 8.02. The molecule has 4 nitrogen and oxygen atoms in total. The Hall–Kier alpha value is -2.31. The van der Waals surface area contributed by atoms with E-state index >= 15 is 0 Å². The van der Waals surface area contributed by atoms with Crippen molar-refractivity contribution in [1.29, 1.82) is 0 Å². The van der Waals surface area contributed by atoms with Gasteiger partial charge in [0.2, 0.25) is 5.91 Å². The summed E-state index contributed by atoms with van der Waals surface area (Å²) >= 11 is 2.97. The van der Waals surface area contributed by atoms with Crippen molar-refractivity contribution in [2.45, 2.75) is 35.7 Å². The molecule has 1 heterocycles. The number of carbonyl (C=O) groups excluding carboxylic acids is 1. The maximum atomic E-state index is 12.3. The smallest absolute Gasteiger partial charge is 0.234 e. The maximum absolute atomic E-state index is 12.3. The number of aromatic nitrogens is 2. The van der Waals surface area contributed by atoms with Crippen molar-refractivity contribution in [3.8, 4) is 0 Å². The summed E-state index contributed by atoms with van der Waals surface area (Å²) in [5.41, 5.74) is 4.38. The van der Waals surface area contributed by atoms with Crippen LogP contribution in [0.1, 0.15) is 16.7 Å². The van der Waals surface area contributed by atoms with E-state index in [4.69, 9.17) is 0 Å². The van der Waals surface area contributed by atoms with E-state index in [-0.39, 0.29) is 11.7 Å². The summed E-state index contributed by atoms with van der Waals surface area (Å²) in [6, 6.07) is 14.1. The molecule has 1 aromatic heterocycles. The van der Waals surface area contributed by atoms with Crippen LogP contribution in [-0.2, 0) is 4.79 Å². The number of aryl methyl sites for hydroxylation is 3. The molecular formula is C21H21N3OS2. The van der Waals surface area contributed by atoms with Crippen molar-refractivity contribution >= 4 is 35.1 Å². The van der Waals surface area contributed by atoms with Gasteiger partial charge in [-0.3, -0.25) is 4.79 Å². The number of carbonyl (C=O) groups is 1. The Morgan fingerprint density at radius 3 is 2.41 bits per heavy atom. The standard InChI is InChI=1S/C21H21N3OS2/c1-14-8-9-17(12-16(14)3)24-19(25)13-26-20-21(23-11-10-22-20)27-18-7-5-4-6-15(18)2/h4-12H,13H2,1-3H3,(H,24,25). The normalized spacial score (nSPS) is 10.6. The first-order chi connectivity index (χ1) is 13.0. The zero-order chi connectivity index (χ0) is 19.2. The van der Waals surface area contributed by atoms with Crippen molar-refractivity contribution in [2.75, 3.05) is 11.1 Å². The van der Waals surface area contributed by atoms with Gasteiger partial charge < -0.3 is 5.32 Å². The number of rotatable bonds is 6. The molecule has 6 heteroatoms. The van der Waals surface area contributed by atoms with E-state index in [0.717, 1.165) is 26.2 Å². The van der Waals surface area contributed by atoms with Crippen LogP contribution in [-0.4, -0.2) is 21.6 Å². The number of benzene rings is 2. The van der Waals surface area contributed by atoms with Gasteiger partial charge >= 0.3 is 0 Å². The van der Waals surface area contributed by atoms with Gasteiger partial charge in [-0.05, 0) is 55.7 Å². The zero-order valence-corrected chi connectivity index (χ0v) is 17.2. The molecule has 0 fully saturated rings. The molecule has 0 aliphatic carbocycles. The van der Waals surface area contributed by atoms with Gasteiger partial charge in [0.1, 0.15) is 10.1 Å². The molecule has 3 aromatic rings. The summed E-state index contributed by atoms with van der Waals surface area (Å²) in [6.45, 7) is 6.16. The molecule has 0 saturated carbocycles. The molecule has 0 saturated heterocycles. The van der Waals surface area contributed by atoms with Crippen molar-refractivity contribution < 1.29 is 4.79 Å². The molecule has 3 rings (SSSR count). The molecule has 1 amide bonds. The highest BCUT2D eigenvalue weighted by atomic mass is 32.2. The molecule has 0 aliphatic heterocycles. The number of nitrogens with one attached hydrogen (secondary N) is 1. The lowest BCUT2D eigenvalue weighted by Crippen LogP contribution is -2.14. The fourth-order valence-corrected chi connectivity index (χ4v) is 4.20. The Morgan fingerprint density at radius 1 is 0.926 bits per heavy atom. The van der Waals surface area contributed by atoms with E-state index in [0.29, 0.717) is 0 Å².